The molecule has 1 heterocycles. The number of nitrogens with zero attached hydrogens (tertiary/aromatic N) is 1. The van der Waals surface area contributed by atoms with Crippen molar-refractivity contribution in [3.63, 3.8) is 0 Å². The molecule has 0 atom stereocenters. The molecule has 0 saturated heterocycles. The molecule has 0 saturated carbocycles. The van der Waals surface area contributed by atoms with Crippen LogP contribution in [0.15, 0.2) is 48.8 Å². The van der Waals surface area contributed by atoms with Crippen molar-refractivity contribution in [2.45, 2.75) is 0 Å². The molecule has 0 aliphatic carbocycles. The number of anilines is 2. The second-order valence-electron chi connectivity index (χ2n) is 4.36. The van der Waals surface area contributed by atoms with Gasteiger partial charge in [0.05, 0.1) is 23.1 Å². The maximum absolute atomic E-state index is 5.28. The zero-order valence-electron chi connectivity index (χ0n) is 11.0. The predicted molar refractivity (Wildman–Crippen MR) is 88.8 cm³/mol. The Balaban J connectivity index is 1.67. The maximum atomic E-state index is 5.28. The Bertz CT molecular complexity index is 772. The van der Waals surface area contributed by atoms with Gasteiger partial charge in [-0.05, 0) is 54.7 Å². The van der Waals surface area contributed by atoms with Crippen LogP contribution in [0.4, 0.5) is 11.4 Å². The molecular formula is C14H11BN4OS. The standard InChI is InChI=1S/C14H11BN4OS/c15-20-11-4-1-9(2-5-11)18-14(21)19-10-3-6-12-13(7-10)17-8-16-12/h1-8H,(H,16,17)(H2,18,19,21). The lowest BCUT2D eigenvalue weighted by Gasteiger charge is -2.11. The average Bonchev–Trinajstić information content (AvgIpc) is 2.95. The van der Waals surface area contributed by atoms with E-state index in [-0.39, 0.29) is 0 Å². The Morgan fingerprint density at radius 2 is 1.81 bits per heavy atom. The summed E-state index contributed by atoms with van der Waals surface area (Å²) in [5, 5.41) is 6.69. The first-order valence-electron chi connectivity index (χ1n) is 6.22. The summed E-state index contributed by atoms with van der Waals surface area (Å²) in [5.41, 5.74) is 3.59. The van der Waals surface area contributed by atoms with Gasteiger partial charge < -0.3 is 20.3 Å². The zero-order chi connectivity index (χ0) is 14.7. The molecule has 2 aromatic carbocycles. The predicted octanol–water partition coefficient (Wildman–Crippen LogP) is 2.83. The van der Waals surface area contributed by atoms with Gasteiger partial charge in [0.25, 0.3) is 0 Å². The van der Waals surface area contributed by atoms with E-state index in [2.05, 4.69) is 25.3 Å². The van der Waals surface area contributed by atoms with E-state index in [1.54, 1.807) is 18.5 Å². The molecule has 0 amide bonds. The van der Waals surface area contributed by atoms with Crippen LogP contribution in [0.3, 0.4) is 0 Å². The van der Waals surface area contributed by atoms with Crippen LogP contribution in [-0.2, 0) is 0 Å². The van der Waals surface area contributed by atoms with Crippen LogP contribution >= 0.6 is 12.2 Å². The first-order valence-corrected chi connectivity index (χ1v) is 6.63. The van der Waals surface area contributed by atoms with E-state index in [9.17, 15) is 0 Å². The number of aromatic nitrogens is 2. The van der Waals surface area contributed by atoms with E-state index < -0.39 is 0 Å². The minimum Gasteiger partial charge on any atom is -0.568 e. The van der Waals surface area contributed by atoms with E-state index in [0.29, 0.717) is 10.9 Å². The van der Waals surface area contributed by atoms with E-state index in [4.69, 9.17) is 20.3 Å². The number of imidazole rings is 1. The van der Waals surface area contributed by atoms with Crippen molar-refractivity contribution < 1.29 is 4.65 Å². The lowest BCUT2D eigenvalue weighted by molar-refractivity contribution is 0.616. The van der Waals surface area contributed by atoms with Crippen LogP contribution in [0.5, 0.6) is 5.75 Å². The summed E-state index contributed by atoms with van der Waals surface area (Å²) in [6.45, 7) is 0. The number of hydrogen-bond donors (Lipinski definition) is 3. The number of thiocarbonyl (C=S) groups is 1. The summed E-state index contributed by atoms with van der Waals surface area (Å²) in [4.78, 5) is 7.22. The number of benzene rings is 2. The van der Waals surface area contributed by atoms with E-state index in [1.807, 2.05) is 30.3 Å². The highest BCUT2D eigenvalue weighted by molar-refractivity contribution is 7.80. The molecule has 3 N–H and O–H groups in total. The topological polar surface area (TPSA) is 62.0 Å². The van der Waals surface area contributed by atoms with Gasteiger partial charge in [-0.1, -0.05) is 0 Å². The Morgan fingerprint density at radius 1 is 1.10 bits per heavy atom. The Kier molecular flexibility index (Phi) is 3.74. The summed E-state index contributed by atoms with van der Waals surface area (Å²) in [7, 11) is 5.07. The Hall–Kier alpha value is -2.54. The summed E-state index contributed by atoms with van der Waals surface area (Å²) in [5.74, 6) is 0.587. The van der Waals surface area contributed by atoms with Gasteiger partial charge in [-0.15, -0.1) is 0 Å². The van der Waals surface area contributed by atoms with Gasteiger partial charge in [0.15, 0.2) is 5.11 Å². The number of aromatic amines is 1. The highest BCUT2D eigenvalue weighted by Crippen LogP contribution is 2.17. The molecule has 0 spiro atoms. The van der Waals surface area contributed by atoms with Crippen molar-refractivity contribution in [3.8, 4) is 5.75 Å². The molecule has 0 fully saturated rings. The fraction of sp³-hybridized carbons (Fsp3) is 0. The summed E-state index contributed by atoms with van der Waals surface area (Å²) in [6.07, 6.45) is 1.66. The largest absolute Gasteiger partial charge is 0.568 e. The van der Waals surface area contributed by atoms with Crippen LogP contribution in [0.1, 0.15) is 0 Å². The lowest BCUT2D eigenvalue weighted by Crippen LogP contribution is -2.18. The van der Waals surface area contributed by atoms with E-state index in [1.165, 1.54) is 0 Å². The quantitative estimate of drug-likeness (QED) is 0.512. The molecule has 102 valence electrons. The molecule has 1 aromatic heterocycles. The first kappa shape index (κ1) is 13.4. The molecule has 0 aliphatic heterocycles. The molecule has 2 radical (unpaired) electrons. The minimum atomic E-state index is 0.496. The molecule has 3 rings (SSSR count). The molecule has 0 aliphatic rings. The van der Waals surface area contributed by atoms with Crippen molar-refractivity contribution in [2.75, 3.05) is 10.6 Å². The number of fused-ring (bicyclic) bond motifs is 1. The number of nitrogens with one attached hydrogen (secondary N) is 3. The van der Waals surface area contributed by atoms with Crippen molar-refractivity contribution >= 4 is 47.8 Å². The average molecular weight is 294 g/mol. The molecule has 21 heavy (non-hydrogen) atoms. The van der Waals surface area contributed by atoms with Gasteiger partial charge >= 0.3 is 8.05 Å². The van der Waals surface area contributed by atoms with Crippen LogP contribution in [-0.4, -0.2) is 23.1 Å². The lowest BCUT2D eigenvalue weighted by atomic mass is 10.3. The molecular weight excluding hydrogens is 283 g/mol. The number of rotatable bonds is 3. The van der Waals surface area contributed by atoms with Gasteiger partial charge in [-0.25, -0.2) is 4.98 Å². The van der Waals surface area contributed by atoms with Crippen molar-refractivity contribution in [1.29, 1.82) is 0 Å². The van der Waals surface area contributed by atoms with Crippen LogP contribution in [0, 0.1) is 0 Å². The highest BCUT2D eigenvalue weighted by atomic mass is 32.1. The van der Waals surface area contributed by atoms with Gasteiger partial charge in [-0.2, -0.15) is 0 Å². The molecule has 0 bridgehead atoms. The smallest absolute Gasteiger partial charge is 0.374 e. The van der Waals surface area contributed by atoms with Crippen molar-refractivity contribution in [2.24, 2.45) is 0 Å². The van der Waals surface area contributed by atoms with Crippen molar-refractivity contribution in [3.05, 3.63) is 48.8 Å². The SMILES string of the molecule is [B]Oc1ccc(NC(=S)Nc2ccc3nc[nH]c3c2)cc1. The van der Waals surface area contributed by atoms with Crippen molar-refractivity contribution in [1.82, 2.24) is 9.97 Å². The Labute approximate surface area is 128 Å². The Morgan fingerprint density at radius 3 is 2.57 bits per heavy atom. The summed E-state index contributed by atoms with van der Waals surface area (Å²) < 4.78 is 4.62. The van der Waals surface area contributed by atoms with Crippen LogP contribution in [0.2, 0.25) is 0 Å². The molecule has 3 aromatic rings. The molecule has 5 nitrogen and oxygen atoms in total. The fourth-order valence-electron chi connectivity index (χ4n) is 1.92. The van der Waals surface area contributed by atoms with Crippen LogP contribution < -0.4 is 15.3 Å². The first-order chi connectivity index (χ1) is 10.2. The second kappa shape index (κ2) is 5.84. The van der Waals surface area contributed by atoms with Gasteiger partial charge in [-0.3, -0.25) is 0 Å². The third-order valence-corrected chi connectivity index (χ3v) is 3.13. The number of H-pyrrole nitrogens is 1. The van der Waals surface area contributed by atoms with Gasteiger partial charge in [0, 0.05) is 11.4 Å². The highest BCUT2D eigenvalue weighted by Gasteiger charge is 2.02. The molecule has 7 heteroatoms. The zero-order valence-corrected chi connectivity index (χ0v) is 11.8. The monoisotopic (exact) mass is 294 g/mol. The third-order valence-electron chi connectivity index (χ3n) is 2.93. The summed E-state index contributed by atoms with van der Waals surface area (Å²) >= 11 is 5.28. The number of hydrogen-bond acceptors (Lipinski definition) is 3. The third kappa shape index (κ3) is 3.14. The summed E-state index contributed by atoms with van der Waals surface area (Å²) in [6, 6.07) is 12.9. The maximum Gasteiger partial charge on any atom is 0.374 e. The molecule has 0 unspecified atom stereocenters. The fourth-order valence-corrected chi connectivity index (χ4v) is 2.16. The van der Waals surface area contributed by atoms with E-state index >= 15 is 0 Å². The minimum absolute atomic E-state index is 0.496. The van der Waals surface area contributed by atoms with Gasteiger partial charge in [0.2, 0.25) is 0 Å². The van der Waals surface area contributed by atoms with Gasteiger partial charge in [0.1, 0.15) is 0 Å². The second-order valence-corrected chi connectivity index (χ2v) is 4.76. The van der Waals surface area contributed by atoms with E-state index in [0.717, 1.165) is 22.4 Å². The normalized spacial score (nSPS) is 10.3. The van der Waals surface area contributed by atoms with Crippen LogP contribution in [0.25, 0.3) is 11.0 Å².